The number of nitrogen functional groups attached to an aromatic ring is 1. The normalized spacial score (nSPS) is 14.1. The van der Waals surface area contributed by atoms with Gasteiger partial charge in [-0.3, -0.25) is 9.59 Å². The predicted octanol–water partition coefficient (Wildman–Crippen LogP) is -0.509. The van der Waals surface area contributed by atoms with Crippen molar-refractivity contribution in [1.82, 2.24) is 15.6 Å². The Bertz CT molecular complexity index is 402. The van der Waals surface area contributed by atoms with Crippen LogP contribution in [0, 0.1) is 5.92 Å². The van der Waals surface area contributed by atoms with Crippen molar-refractivity contribution >= 4 is 17.7 Å². The van der Waals surface area contributed by atoms with Crippen LogP contribution in [-0.4, -0.2) is 33.3 Å². The fourth-order valence-corrected chi connectivity index (χ4v) is 0.967. The summed E-state index contributed by atoms with van der Waals surface area (Å²) >= 11 is 0. The standard InChI is InChI=1S/C8H12N4O4/c1-3(8(14)15)4(2)10-7(13)5-6(9)12-16-11-5/h3-4H,1-2H3,(H2,9,12)(H,10,13)(H,14,15). The summed E-state index contributed by atoms with van der Waals surface area (Å²) in [5.41, 5.74) is 5.16. The average Bonchev–Trinajstić information content (AvgIpc) is 2.62. The number of hydrogen-bond acceptors (Lipinski definition) is 6. The van der Waals surface area contributed by atoms with Crippen molar-refractivity contribution < 1.29 is 19.3 Å². The van der Waals surface area contributed by atoms with Crippen LogP contribution in [0.1, 0.15) is 24.3 Å². The number of carbonyl (C=O) groups excluding carboxylic acids is 1. The van der Waals surface area contributed by atoms with Crippen molar-refractivity contribution in [2.24, 2.45) is 5.92 Å². The molecule has 0 aliphatic rings. The molecule has 1 aromatic heterocycles. The van der Waals surface area contributed by atoms with Gasteiger partial charge >= 0.3 is 5.97 Å². The maximum absolute atomic E-state index is 11.5. The molecule has 0 aliphatic carbocycles. The van der Waals surface area contributed by atoms with Crippen LogP contribution in [0.3, 0.4) is 0 Å². The highest BCUT2D eigenvalue weighted by Crippen LogP contribution is 2.07. The van der Waals surface area contributed by atoms with Gasteiger partial charge in [-0.2, -0.15) is 0 Å². The fourth-order valence-electron chi connectivity index (χ4n) is 0.967. The number of carboxylic acid groups (broad SMARTS) is 1. The SMILES string of the molecule is CC(NC(=O)c1nonc1N)C(C)C(=O)O. The van der Waals surface area contributed by atoms with Gasteiger partial charge in [0.15, 0.2) is 0 Å². The molecule has 0 bridgehead atoms. The van der Waals surface area contributed by atoms with Crippen LogP contribution in [0.25, 0.3) is 0 Å². The van der Waals surface area contributed by atoms with E-state index in [1.165, 1.54) is 6.92 Å². The number of nitrogens with zero attached hydrogens (tertiary/aromatic N) is 2. The van der Waals surface area contributed by atoms with Crippen molar-refractivity contribution in [1.29, 1.82) is 0 Å². The average molecular weight is 228 g/mol. The maximum Gasteiger partial charge on any atom is 0.308 e. The van der Waals surface area contributed by atoms with Crippen molar-refractivity contribution in [3.8, 4) is 0 Å². The molecule has 8 heteroatoms. The second-order valence-corrected chi connectivity index (χ2v) is 3.39. The number of amides is 1. The molecule has 0 aromatic carbocycles. The molecule has 0 saturated carbocycles. The topological polar surface area (TPSA) is 131 Å². The Balaban J connectivity index is 2.65. The number of hydrogen-bond donors (Lipinski definition) is 3. The van der Waals surface area contributed by atoms with Gasteiger partial charge in [0.1, 0.15) is 0 Å². The molecule has 1 aromatic rings. The number of aliphatic carboxylic acids is 1. The van der Waals surface area contributed by atoms with Crippen LogP contribution in [0.15, 0.2) is 4.63 Å². The number of carbonyl (C=O) groups is 2. The van der Waals surface area contributed by atoms with Gasteiger partial charge < -0.3 is 16.2 Å². The highest BCUT2D eigenvalue weighted by molar-refractivity contribution is 5.96. The van der Waals surface area contributed by atoms with Crippen LogP contribution < -0.4 is 11.1 Å². The minimum Gasteiger partial charge on any atom is -0.481 e. The van der Waals surface area contributed by atoms with E-state index in [2.05, 4.69) is 20.3 Å². The summed E-state index contributed by atoms with van der Waals surface area (Å²) in [4.78, 5) is 22.2. The summed E-state index contributed by atoms with van der Waals surface area (Å²) in [5.74, 6) is -2.46. The van der Waals surface area contributed by atoms with E-state index in [9.17, 15) is 9.59 Å². The Hall–Kier alpha value is -2.12. The van der Waals surface area contributed by atoms with Crippen molar-refractivity contribution in [3.63, 3.8) is 0 Å². The van der Waals surface area contributed by atoms with Crippen LogP contribution >= 0.6 is 0 Å². The summed E-state index contributed by atoms with van der Waals surface area (Å²) in [7, 11) is 0. The zero-order chi connectivity index (χ0) is 12.3. The highest BCUT2D eigenvalue weighted by atomic mass is 16.6. The van der Waals surface area contributed by atoms with Gasteiger partial charge in [-0.15, -0.1) is 0 Å². The fraction of sp³-hybridized carbons (Fsp3) is 0.500. The number of anilines is 1. The van der Waals surface area contributed by atoms with Crippen LogP contribution in [0.2, 0.25) is 0 Å². The predicted molar refractivity (Wildman–Crippen MR) is 52.4 cm³/mol. The molecule has 4 N–H and O–H groups in total. The number of nitrogens with one attached hydrogen (secondary N) is 1. The van der Waals surface area contributed by atoms with Gasteiger partial charge in [0.05, 0.1) is 5.92 Å². The van der Waals surface area contributed by atoms with Crippen molar-refractivity contribution in [2.45, 2.75) is 19.9 Å². The van der Waals surface area contributed by atoms with Gasteiger partial charge in [0.2, 0.25) is 11.5 Å². The Morgan fingerprint density at radius 2 is 2.06 bits per heavy atom. The third-order valence-corrected chi connectivity index (χ3v) is 2.23. The van der Waals surface area contributed by atoms with Crippen LogP contribution in [0.4, 0.5) is 5.82 Å². The number of nitrogens with two attached hydrogens (primary N) is 1. The third kappa shape index (κ3) is 2.47. The van der Waals surface area contributed by atoms with E-state index in [0.717, 1.165) is 0 Å². The minimum atomic E-state index is -1.00. The quantitative estimate of drug-likeness (QED) is 0.632. The zero-order valence-corrected chi connectivity index (χ0v) is 8.80. The molecule has 8 nitrogen and oxygen atoms in total. The van der Waals surface area contributed by atoms with E-state index in [-0.39, 0.29) is 11.5 Å². The molecule has 0 saturated heterocycles. The molecule has 88 valence electrons. The Morgan fingerprint density at radius 3 is 2.50 bits per heavy atom. The summed E-state index contributed by atoms with van der Waals surface area (Å²) in [5, 5.41) is 17.7. The molecule has 1 rings (SSSR count). The molecule has 16 heavy (non-hydrogen) atoms. The number of aromatic nitrogens is 2. The molecule has 1 amide bonds. The lowest BCUT2D eigenvalue weighted by atomic mass is 10.0. The lowest BCUT2D eigenvalue weighted by Crippen LogP contribution is -2.40. The summed E-state index contributed by atoms with van der Waals surface area (Å²) in [6, 6.07) is -0.555. The van der Waals surface area contributed by atoms with E-state index >= 15 is 0 Å². The summed E-state index contributed by atoms with van der Waals surface area (Å²) < 4.78 is 4.25. The highest BCUT2D eigenvalue weighted by Gasteiger charge is 2.24. The van der Waals surface area contributed by atoms with Gasteiger partial charge in [-0.25, -0.2) is 4.63 Å². The lowest BCUT2D eigenvalue weighted by Gasteiger charge is -2.16. The van der Waals surface area contributed by atoms with Crippen LogP contribution in [-0.2, 0) is 4.79 Å². The second-order valence-electron chi connectivity index (χ2n) is 3.39. The molecule has 2 unspecified atom stereocenters. The summed E-state index contributed by atoms with van der Waals surface area (Å²) in [6.45, 7) is 3.05. The molecular formula is C8H12N4O4. The van der Waals surface area contributed by atoms with E-state index in [4.69, 9.17) is 10.8 Å². The molecule has 0 fully saturated rings. The molecular weight excluding hydrogens is 216 g/mol. The first kappa shape index (κ1) is 12.0. The van der Waals surface area contributed by atoms with Gasteiger partial charge in [-0.1, -0.05) is 0 Å². The van der Waals surface area contributed by atoms with E-state index in [1.54, 1.807) is 6.92 Å². The largest absolute Gasteiger partial charge is 0.481 e. The van der Waals surface area contributed by atoms with Gasteiger partial charge in [-0.05, 0) is 24.2 Å². The zero-order valence-electron chi connectivity index (χ0n) is 8.80. The Morgan fingerprint density at radius 1 is 1.44 bits per heavy atom. The second kappa shape index (κ2) is 4.60. The molecule has 1 heterocycles. The lowest BCUT2D eigenvalue weighted by molar-refractivity contribution is -0.141. The smallest absolute Gasteiger partial charge is 0.308 e. The molecule has 2 atom stereocenters. The minimum absolute atomic E-state index is 0.132. The van der Waals surface area contributed by atoms with E-state index in [1.807, 2.05) is 0 Å². The van der Waals surface area contributed by atoms with Gasteiger partial charge in [0.25, 0.3) is 5.91 Å². The van der Waals surface area contributed by atoms with Crippen molar-refractivity contribution in [3.05, 3.63) is 5.69 Å². The Kier molecular flexibility index (Phi) is 3.44. The number of rotatable bonds is 4. The number of carboxylic acids is 1. The van der Waals surface area contributed by atoms with Gasteiger partial charge in [0, 0.05) is 6.04 Å². The van der Waals surface area contributed by atoms with E-state index in [0.29, 0.717) is 0 Å². The molecule has 0 spiro atoms. The van der Waals surface area contributed by atoms with Crippen LogP contribution in [0.5, 0.6) is 0 Å². The summed E-state index contributed by atoms with van der Waals surface area (Å²) in [6.07, 6.45) is 0. The first-order chi connectivity index (χ1) is 7.43. The molecule has 0 aliphatic heterocycles. The third-order valence-electron chi connectivity index (χ3n) is 2.23. The van der Waals surface area contributed by atoms with Crippen molar-refractivity contribution in [2.75, 3.05) is 5.73 Å². The molecule has 0 radical (unpaired) electrons. The Labute approximate surface area is 90.8 Å². The first-order valence-electron chi connectivity index (χ1n) is 4.55. The van der Waals surface area contributed by atoms with E-state index < -0.39 is 23.8 Å². The first-order valence-corrected chi connectivity index (χ1v) is 4.55. The monoisotopic (exact) mass is 228 g/mol. The maximum atomic E-state index is 11.5.